The molecular weight excluding hydrogens is 310 g/mol. The Hall–Kier alpha value is -0.780. The second-order valence-electron chi connectivity index (χ2n) is 5.05. The summed E-state index contributed by atoms with van der Waals surface area (Å²) in [7, 11) is 0. The molecular formula is C14H18BrNO3. The van der Waals surface area contributed by atoms with E-state index in [9.17, 15) is 5.11 Å². The van der Waals surface area contributed by atoms with Gasteiger partial charge in [-0.25, -0.2) is 0 Å². The molecule has 1 aromatic carbocycles. The number of benzene rings is 1. The van der Waals surface area contributed by atoms with Gasteiger partial charge in [-0.2, -0.15) is 0 Å². The molecule has 1 unspecified atom stereocenters. The molecule has 1 atom stereocenters. The smallest absolute Gasteiger partial charge is 0.162 e. The second-order valence-corrected chi connectivity index (χ2v) is 5.90. The van der Waals surface area contributed by atoms with Crippen molar-refractivity contribution in [2.45, 2.75) is 18.9 Å². The number of ether oxygens (including phenoxy) is 2. The van der Waals surface area contributed by atoms with Crippen LogP contribution < -0.4 is 14.8 Å². The first-order valence-electron chi connectivity index (χ1n) is 6.73. The van der Waals surface area contributed by atoms with Crippen LogP contribution in [0.1, 0.15) is 24.5 Å². The Morgan fingerprint density at radius 2 is 1.79 bits per heavy atom. The maximum absolute atomic E-state index is 10.6. The van der Waals surface area contributed by atoms with Crippen LogP contribution in [0.4, 0.5) is 0 Å². The standard InChI is InChI=1S/C14H18BrNO3/c15-11-8-13-12(18-5-6-19-13)7-10(11)14(17)9-1-3-16-4-2-9/h7-9,14,16-17H,1-6H2. The Balaban J connectivity index is 1.86. The molecule has 0 aliphatic carbocycles. The number of fused-ring (bicyclic) bond motifs is 1. The van der Waals surface area contributed by atoms with Gasteiger partial charge in [0, 0.05) is 4.47 Å². The van der Waals surface area contributed by atoms with Crippen LogP contribution in [0, 0.1) is 5.92 Å². The van der Waals surface area contributed by atoms with Crippen LogP contribution in [0.25, 0.3) is 0 Å². The van der Waals surface area contributed by atoms with E-state index in [0.29, 0.717) is 19.1 Å². The summed E-state index contributed by atoms with van der Waals surface area (Å²) in [4.78, 5) is 0. The number of hydrogen-bond acceptors (Lipinski definition) is 4. The molecule has 0 saturated carbocycles. The fourth-order valence-corrected chi connectivity index (χ4v) is 3.28. The molecule has 3 rings (SSSR count). The Morgan fingerprint density at radius 1 is 1.16 bits per heavy atom. The van der Waals surface area contributed by atoms with Crippen LogP contribution in [-0.2, 0) is 0 Å². The van der Waals surface area contributed by atoms with Crippen molar-refractivity contribution >= 4 is 15.9 Å². The highest BCUT2D eigenvalue weighted by atomic mass is 79.9. The third-order valence-electron chi connectivity index (χ3n) is 3.81. The lowest BCUT2D eigenvalue weighted by Crippen LogP contribution is -2.31. The molecule has 2 N–H and O–H groups in total. The fourth-order valence-electron chi connectivity index (χ4n) is 2.72. The first-order chi connectivity index (χ1) is 9.25. The van der Waals surface area contributed by atoms with Gasteiger partial charge in [-0.3, -0.25) is 0 Å². The van der Waals surface area contributed by atoms with E-state index >= 15 is 0 Å². The van der Waals surface area contributed by atoms with Crippen molar-refractivity contribution in [1.29, 1.82) is 0 Å². The Labute approximate surface area is 121 Å². The SMILES string of the molecule is OC(c1cc2c(cc1Br)OCCO2)C1CCNCC1. The number of nitrogens with one attached hydrogen (secondary N) is 1. The van der Waals surface area contributed by atoms with Gasteiger partial charge in [0.2, 0.25) is 0 Å². The van der Waals surface area contributed by atoms with Gasteiger partial charge in [0.15, 0.2) is 11.5 Å². The topological polar surface area (TPSA) is 50.7 Å². The maximum Gasteiger partial charge on any atom is 0.162 e. The average molecular weight is 328 g/mol. The predicted molar refractivity (Wildman–Crippen MR) is 75.7 cm³/mol. The number of halogens is 1. The van der Waals surface area contributed by atoms with Crippen LogP contribution in [-0.4, -0.2) is 31.4 Å². The molecule has 5 heteroatoms. The molecule has 0 spiro atoms. The van der Waals surface area contributed by atoms with Gasteiger partial charge in [0.1, 0.15) is 13.2 Å². The monoisotopic (exact) mass is 327 g/mol. The molecule has 1 fully saturated rings. The van der Waals surface area contributed by atoms with Gasteiger partial charge in [-0.1, -0.05) is 15.9 Å². The van der Waals surface area contributed by atoms with Crippen molar-refractivity contribution in [3.63, 3.8) is 0 Å². The lowest BCUT2D eigenvalue weighted by molar-refractivity contribution is 0.0874. The maximum atomic E-state index is 10.6. The Bertz CT molecular complexity index is 460. The van der Waals surface area contributed by atoms with Crippen LogP contribution in [0.15, 0.2) is 16.6 Å². The summed E-state index contributed by atoms with van der Waals surface area (Å²) in [5, 5.41) is 13.9. The van der Waals surface area contributed by atoms with Crippen LogP contribution in [0.3, 0.4) is 0 Å². The van der Waals surface area contributed by atoms with E-state index in [1.54, 1.807) is 0 Å². The summed E-state index contributed by atoms with van der Waals surface area (Å²) in [6.45, 7) is 3.10. The largest absolute Gasteiger partial charge is 0.486 e. The second kappa shape index (κ2) is 5.69. The quantitative estimate of drug-likeness (QED) is 0.874. The lowest BCUT2D eigenvalue weighted by atomic mass is 9.88. The fraction of sp³-hybridized carbons (Fsp3) is 0.571. The minimum absolute atomic E-state index is 0.306. The minimum atomic E-state index is -0.452. The lowest BCUT2D eigenvalue weighted by Gasteiger charge is -2.29. The van der Waals surface area contributed by atoms with Crippen molar-refractivity contribution < 1.29 is 14.6 Å². The summed E-state index contributed by atoms with van der Waals surface area (Å²) >= 11 is 3.53. The van der Waals surface area contributed by atoms with Crippen molar-refractivity contribution in [2.75, 3.05) is 26.3 Å². The normalized spacial score (nSPS) is 21.2. The Morgan fingerprint density at radius 3 is 2.47 bits per heavy atom. The molecule has 19 heavy (non-hydrogen) atoms. The van der Waals surface area contributed by atoms with Crippen molar-refractivity contribution in [2.24, 2.45) is 5.92 Å². The predicted octanol–water partition coefficient (Wildman–Crippen LogP) is 2.25. The summed E-state index contributed by atoms with van der Waals surface area (Å²) in [6.07, 6.45) is 1.55. The molecule has 0 bridgehead atoms. The average Bonchev–Trinajstić information content (AvgIpc) is 2.47. The molecule has 2 aliphatic heterocycles. The zero-order chi connectivity index (χ0) is 13.2. The van der Waals surface area contributed by atoms with Gasteiger partial charge in [0.05, 0.1) is 6.10 Å². The van der Waals surface area contributed by atoms with Gasteiger partial charge in [-0.15, -0.1) is 0 Å². The van der Waals surface area contributed by atoms with E-state index in [1.165, 1.54) is 0 Å². The number of rotatable bonds is 2. The Kier molecular flexibility index (Phi) is 3.96. The van der Waals surface area contributed by atoms with Crippen LogP contribution in [0.2, 0.25) is 0 Å². The number of aliphatic hydroxyl groups excluding tert-OH is 1. The molecule has 0 radical (unpaired) electrons. The zero-order valence-corrected chi connectivity index (χ0v) is 12.3. The van der Waals surface area contributed by atoms with Crippen molar-refractivity contribution in [3.05, 3.63) is 22.2 Å². The third kappa shape index (κ3) is 2.73. The molecule has 1 aromatic rings. The van der Waals surface area contributed by atoms with E-state index in [4.69, 9.17) is 9.47 Å². The van der Waals surface area contributed by atoms with E-state index in [1.807, 2.05) is 12.1 Å². The van der Waals surface area contributed by atoms with E-state index < -0.39 is 6.10 Å². The highest BCUT2D eigenvalue weighted by Crippen LogP contribution is 2.40. The number of aliphatic hydroxyl groups is 1. The third-order valence-corrected chi connectivity index (χ3v) is 4.50. The molecule has 104 valence electrons. The molecule has 2 aliphatic rings. The van der Waals surface area contributed by atoms with Crippen molar-refractivity contribution in [1.82, 2.24) is 5.32 Å². The number of piperidine rings is 1. The molecule has 4 nitrogen and oxygen atoms in total. The minimum Gasteiger partial charge on any atom is -0.486 e. The van der Waals surface area contributed by atoms with Gasteiger partial charge >= 0.3 is 0 Å². The van der Waals surface area contributed by atoms with E-state index in [2.05, 4.69) is 21.2 Å². The van der Waals surface area contributed by atoms with Crippen molar-refractivity contribution in [3.8, 4) is 11.5 Å². The molecule has 1 saturated heterocycles. The van der Waals surface area contributed by atoms with Crippen LogP contribution in [0.5, 0.6) is 11.5 Å². The van der Waals surface area contributed by atoms with Gasteiger partial charge in [0.25, 0.3) is 0 Å². The summed E-state index contributed by atoms with van der Waals surface area (Å²) in [5.41, 5.74) is 0.899. The molecule has 0 aromatic heterocycles. The van der Waals surface area contributed by atoms with E-state index in [0.717, 1.165) is 47.5 Å². The first kappa shape index (κ1) is 13.2. The summed E-state index contributed by atoms with van der Waals surface area (Å²) < 4.78 is 12.0. The first-order valence-corrected chi connectivity index (χ1v) is 7.53. The van der Waals surface area contributed by atoms with Crippen LogP contribution >= 0.6 is 15.9 Å². The molecule has 2 heterocycles. The summed E-state index contributed by atoms with van der Waals surface area (Å²) in [6, 6.07) is 3.80. The molecule has 0 amide bonds. The summed E-state index contributed by atoms with van der Waals surface area (Å²) in [5.74, 6) is 1.79. The highest BCUT2D eigenvalue weighted by molar-refractivity contribution is 9.10. The van der Waals surface area contributed by atoms with Gasteiger partial charge in [-0.05, 0) is 49.5 Å². The number of hydrogen-bond donors (Lipinski definition) is 2. The highest BCUT2D eigenvalue weighted by Gasteiger charge is 2.26. The zero-order valence-electron chi connectivity index (χ0n) is 10.7. The van der Waals surface area contributed by atoms with E-state index in [-0.39, 0.29) is 0 Å². The van der Waals surface area contributed by atoms with Gasteiger partial charge < -0.3 is 19.9 Å².